The highest BCUT2D eigenvalue weighted by atomic mass is 32.2. The highest BCUT2D eigenvalue weighted by Crippen LogP contribution is 2.35. The summed E-state index contributed by atoms with van der Waals surface area (Å²) in [6, 6.07) is 19.2. The van der Waals surface area contributed by atoms with Crippen molar-refractivity contribution in [2.24, 2.45) is 0 Å². The summed E-state index contributed by atoms with van der Waals surface area (Å²) in [6.45, 7) is 7.87. The summed E-state index contributed by atoms with van der Waals surface area (Å²) in [5.41, 5.74) is 1.89. The number of hydrogen-bond donors (Lipinski definition) is 0. The summed E-state index contributed by atoms with van der Waals surface area (Å²) in [5.74, 6) is 0. The maximum Gasteiger partial charge on any atom is 0.226 e. The zero-order valence-corrected chi connectivity index (χ0v) is 19.5. The van der Waals surface area contributed by atoms with Gasteiger partial charge in [-0.25, -0.2) is 8.42 Å². The van der Waals surface area contributed by atoms with E-state index in [0.29, 0.717) is 10.3 Å². The maximum absolute atomic E-state index is 13.9. The molecule has 1 aliphatic rings. The molecule has 32 heavy (non-hydrogen) atoms. The van der Waals surface area contributed by atoms with E-state index in [-0.39, 0.29) is 11.1 Å². The number of hydrogen-bond acceptors (Lipinski definition) is 5. The second-order valence-electron chi connectivity index (χ2n) is 8.82. The zero-order valence-electron chi connectivity index (χ0n) is 18.7. The van der Waals surface area contributed by atoms with E-state index in [4.69, 9.17) is 0 Å². The Bertz CT molecular complexity index is 1400. The van der Waals surface area contributed by atoms with Crippen LogP contribution in [-0.2, 0) is 9.84 Å². The minimum atomic E-state index is -3.82. The monoisotopic (exact) mass is 448 g/mol. The quantitative estimate of drug-likeness (QED) is 0.464. The van der Waals surface area contributed by atoms with Crippen LogP contribution in [0, 0.1) is 0 Å². The Kier molecular flexibility index (Phi) is 5.18. The van der Waals surface area contributed by atoms with Gasteiger partial charge in [-0.15, -0.1) is 0 Å². The molecule has 166 valence electrons. The third-order valence-electron chi connectivity index (χ3n) is 6.31. The first kappa shape index (κ1) is 21.0. The van der Waals surface area contributed by atoms with Crippen molar-refractivity contribution < 1.29 is 8.42 Å². The van der Waals surface area contributed by atoms with Crippen LogP contribution in [0.1, 0.15) is 19.9 Å². The molecular formula is C25H28N4O2S. The van der Waals surface area contributed by atoms with E-state index in [9.17, 15) is 8.42 Å². The van der Waals surface area contributed by atoms with Crippen molar-refractivity contribution in [1.29, 1.82) is 0 Å². The molecule has 0 spiro atoms. The van der Waals surface area contributed by atoms with Gasteiger partial charge in [0, 0.05) is 48.7 Å². The highest BCUT2D eigenvalue weighted by molar-refractivity contribution is 7.91. The van der Waals surface area contributed by atoms with E-state index in [1.54, 1.807) is 12.1 Å². The second-order valence-corrected chi connectivity index (χ2v) is 10.6. The number of nitrogens with zero attached hydrogens (tertiary/aromatic N) is 4. The van der Waals surface area contributed by atoms with Gasteiger partial charge in [-0.2, -0.15) is 5.10 Å². The predicted molar refractivity (Wildman–Crippen MR) is 129 cm³/mol. The van der Waals surface area contributed by atoms with Crippen molar-refractivity contribution in [3.05, 3.63) is 60.7 Å². The Morgan fingerprint density at radius 1 is 0.875 bits per heavy atom. The van der Waals surface area contributed by atoms with Gasteiger partial charge in [0.1, 0.15) is 0 Å². The largest absolute Gasteiger partial charge is 0.369 e. The van der Waals surface area contributed by atoms with E-state index >= 15 is 0 Å². The van der Waals surface area contributed by atoms with E-state index in [2.05, 4.69) is 28.0 Å². The second kappa shape index (κ2) is 7.90. The Hall–Kier alpha value is -2.90. The number of fused-ring (bicyclic) bond motifs is 2. The van der Waals surface area contributed by atoms with Gasteiger partial charge in [-0.1, -0.05) is 36.4 Å². The van der Waals surface area contributed by atoms with Gasteiger partial charge in [0.25, 0.3) is 0 Å². The highest BCUT2D eigenvalue weighted by Gasteiger charge is 2.28. The number of rotatable bonds is 4. The van der Waals surface area contributed by atoms with Gasteiger partial charge in [-0.05, 0) is 50.5 Å². The molecule has 0 N–H and O–H groups in total. The summed E-state index contributed by atoms with van der Waals surface area (Å²) in [5, 5.41) is 7.08. The molecular weight excluding hydrogens is 420 g/mol. The standard InChI is InChI=1S/C25H28N4O2S/c1-18(2)29-23-12-11-20(28-15-13-27(3)14-16-28)17-22(23)25(26-29)32(30,31)24-10-6-8-19-7-4-5-9-21(19)24/h4-12,17-18H,13-16H2,1-3H3. The Balaban J connectivity index is 1.71. The molecule has 0 bridgehead atoms. The molecule has 1 aromatic heterocycles. The normalized spacial score (nSPS) is 15.8. The van der Waals surface area contributed by atoms with Gasteiger partial charge in [0.2, 0.25) is 9.84 Å². The first-order valence-electron chi connectivity index (χ1n) is 11.0. The van der Waals surface area contributed by atoms with Gasteiger partial charge < -0.3 is 9.80 Å². The average Bonchev–Trinajstić information content (AvgIpc) is 3.19. The summed E-state index contributed by atoms with van der Waals surface area (Å²) in [6.07, 6.45) is 0. The van der Waals surface area contributed by atoms with Gasteiger partial charge in [0.05, 0.1) is 10.4 Å². The molecule has 0 radical (unpaired) electrons. The third-order valence-corrected chi connectivity index (χ3v) is 8.05. The van der Waals surface area contributed by atoms with Crippen molar-refractivity contribution in [2.45, 2.75) is 29.8 Å². The molecule has 1 saturated heterocycles. The first-order valence-corrected chi connectivity index (χ1v) is 12.5. The molecule has 5 rings (SSSR count). The summed E-state index contributed by atoms with van der Waals surface area (Å²) < 4.78 is 29.7. The molecule has 3 aromatic carbocycles. The van der Waals surface area contributed by atoms with Crippen LogP contribution in [0.2, 0.25) is 0 Å². The van der Waals surface area contributed by atoms with Crippen molar-refractivity contribution >= 4 is 37.2 Å². The number of aromatic nitrogens is 2. The third kappa shape index (κ3) is 3.45. The minimum absolute atomic E-state index is 0.0449. The van der Waals surface area contributed by atoms with E-state index in [1.807, 2.05) is 61.0 Å². The number of sulfone groups is 1. The predicted octanol–water partition coefficient (Wildman–Crippen LogP) is 4.36. The molecule has 1 aliphatic heterocycles. The number of likely N-dealkylation sites (N-methyl/N-ethyl adjacent to an activating group) is 1. The van der Waals surface area contributed by atoms with E-state index < -0.39 is 9.84 Å². The fourth-order valence-corrected chi connectivity index (χ4v) is 6.08. The number of anilines is 1. The summed E-state index contributed by atoms with van der Waals surface area (Å²) in [4.78, 5) is 4.93. The Morgan fingerprint density at radius 3 is 2.34 bits per heavy atom. The minimum Gasteiger partial charge on any atom is -0.369 e. The molecule has 4 aromatic rings. The fraction of sp³-hybridized carbons (Fsp3) is 0.320. The first-order chi connectivity index (χ1) is 15.4. The van der Waals surface area contributed by atoms with Gasteiger partial charge in [0.15, 0.2) is 5.03 Å². The Labute approximate surface area is 189 Å². The van der Waals surface area contributed by atoms with Crippen LogP contribution in [0.4, 0.5) is 5.69 Å². The van der Waals surface area contributed by atoms with Crippen molar-refractivity contribution in [3.63, 3.8) is 0 Å². The lowest BCUT2D eigenvalue weighted by Gasteiger charge is -2.34. The summed E-state index contributed by atoms with van der Waals surface area (Å²) >= 11 is 0. The lowest BCUT2D eigenvalue weighted by Crippen LogP contribution is -2.44. The maximum atomic E-state index is 13.9. The number of benzene rings is 3. The molecule has 0 amide bonds. The molecule has 1 fully saturated rings. The summed E-state index contributed by atoms with van der Waals surface area (Å²) in [7, 11) is -1.69. The lowest BCUT2D eigenvalue weighted by molar-refractivity contribution is 0.313. The topological polar surface area (TPSA) is 58.4 Å². The molecule has 0 atom stereocenters. The van der Waals surface area contributed by atoms with Crippen LogP contribution >= 0.6 is 0 Å². The molecule has 2 heterocycles. The SMILES string of the molecule is CC(C)n1nc(S(=O)(=O)c2cccc3ccccc23)c2cc(N3CCN(C)CC3)ccc21. The number of piperazine rings is 1. The van der Waals surface area contributed by atoms with Crippen molar-refractivity contribution in [2.75, 3.05) is 38.1 Å². The van der Waals surface area contributed by atoms with Crippen LogP contribution in [0.15, 0.2) is 70.6 Å². The lowest BCUT2D eigenvalue weighted by atomic mass is 10.1. The molecule has 0 unspecified atom stereocenters. The molecule has 7 heteroatoms. The van der Waals surface area contributed by atoms with Crippen LogP contribution in [0.5, 0.6) is 0 Å². The fourth-order valence-electron chi connectivity index (χ4n) is 4.49. The Morgan fingerprint density at radius 2 is 1.59 bits per heavy atom. The molecule has 6 nitrogen and oxygen atoms in total. The van der Waals surface area contributed by atoms with Crippen LogP contribution < -0.4 is 4.90 Å². The van der Waals surface area contributed by atoms with E-state index in [0.717, 1.165) is 48.2 Å². The smallest absolute Gasteiger partial charge is 0.226 e. The average molecular weight is 449 g/mol. The van der Waals surface area contributed by atoms with Crippen LogP contribution in [0.3, 0.4) is 0 Å². The van der Waals surface area contributed by atoms with Crippen LogP contribution in [0.25, 0.3) is 21.7 Å². The van der Waals surface area contributed by atoms with Crippen molar-refractivity contribution in [3.8, 4) is 0 Å². The van der Waals surface area contributed by atoms with Crippen LogP contribution in [-0.4, -0.2) is 56.3 Å². The van der Waals surface area contributed by atoms with E-state index in [1.165, 1.54) is 0 Å². The van der Waals surface area contributed by atoms with Crippen molar-refractivity contribution in [1.82, 2.24) is 14.7 Å². The molecule has 0 saturated carbocycles. The van der Waals surface area contributed by atoms with Gasteiger partial charge in [-0.3, -0.25) is 4.68 Å². The zero-order chi connectivity index (χ0) is 22.5. The van der Waals surface area contributed by atoms with Gasteiger partial charge >= 0.3 is 0 Å². The molecule has 0 aliphatic carbocycles.